The third kappa shape index (κ3) is 4.20. The van der Waals surface area contributed by atoms with E-state index in [4.69, 9.17) is 4.98 Å². The van der Waals surface area contributed by atoms with Crippen molar-refractivity contribution in [3.63, 3.8) is 0 Å². The van der Waals surface area contributed by atoms with Crippen LogP contribution >= 0.6 is 0 Å². The highest BCUT2D eigenvalue weighted by Gasteiger charge is 2.14. The van der Waals surface area contributed by atoms with Crippen molar-refractivity contribution in [3.8, 4) is 11.4 Å². The van der Waals surface area contributed by atoms with E-state index in [9.17, 15) is 5.11 Å². The van der Waals surface area contributed by atoms with E-state index in [1.807, 2.05) is 59.2 Å². The zero-order chi connectivity index (χ0) is 21.8. The number of fused-ring (bicyclic) bond motifs is 1. The Morgan fingerprint density at radius 2 is 1.66 bits per heavy atom. The third-order valence-electron chi connectivity index (χ3n) is 5.01. The minimum Gasteiger partial charge on any atom is -0.508 e. The fourth-order valence-electron chi connectivity index (χ4n) is 3.41. The number of imidazole rings is 1. The number of hydrogen-bond donors (Lipinski definition) is 3. The van der Waals surface area contributed by atoms with E-state index in [-0.39, 0.29) is 5.75 Å². The van der Waals surface area contributed by atoms with Gasteiger partial charge < -0.3 is 15.7 Å². The molecule has 5 rings (SSSR count). The van der Waals surface area contributed by atoms with Crippen molar-refractivity contribution in [1.82, 2.24) is 24.5 Å². The molecular formula is C24H21N7O. The lowest BCUT2D eigenvalue weighted by Gasteiger charge is -2.11. The van der Waals surface area contributed by atoms with Gasteiger partial charge in [0.1, 0.15) is 12.1 Å². The second-order valence-electron chi connectivity index (χ2n) is 7.22. The van der Waals surface area contributed by atoms with Crippen molar-refractivity contribution < 1.29 is 5.11 Å². The van der Waals surface area contributed by atoms with Gasteiger partial charge in [-0.25, -0.2) is 4.98 Å². The predicted octanol–water partition coefficient (Wildman–Crippen LogP) is 4.31. The number of nitrogens with one attached hydrogen (secondary N) is 2. The van der Waals surface area contributed by atoms with E-state index in [0.29, 0.717) is 29.5 Å². The van der Waals surface area contributed by atoms with Crippen LogP contribution in [0.1, 0.15) is 5.56 Å². The van der Waals surface area contributed by atoms with Crippen molar-refractivity contribution in [2.45, 2.75) is 6.42 Å². The standard InChI is InChI=1S/C24H21N7O/c32-20-8-6-17(7-9-20)10-15-26-22-21-23(31(16-27-21)19-4-2-1-3-5-19)30-24(29-22)28-18-11-13-25-14-12-18/h1-9,11-14,16,32H,10,15H2,(H2,25,26,28,29,30). The van der Waals surface area contributed by atoms with Crippen LogP contribution in [0.5, 0.6) is 5.75 Å². The van der Waals surface area contributed by atoms with Gasteiger partial charge in [-0.2, -0.15) is 9.97 Å². The maximum absolute atomic E-state index is 9.47. The summed E-state index contributed by atoms with van der Waals surface area (Å²) in [6, 6.07) is 20.9. The Labute approximate surface area is 184 Å². The molecule has 0 unspecified atom stereocenters. The minimum atomic E-state index is 0.262. The fourth-order valence-corrected chi connectivity index (χ4v) is 3.41. The van der Waals surface area contributed by atoms with Crippen molar-refractivity contribution in [2.75, 3.05) is 17.2 Å². The highest BCUT2D eigenvalue weighted by atomic mass is 16.3. The first-order valence-electron chi connectivity index (χ1n) is 10.3. The average molecular weight is 423 g/mol. The molecule has 0 aliphatic carbocycles. The van der Waals surface area contributed by atoms with Crippen molar-refractivity contribution >= 4 is 28.6 Å². The number of pyridine rings is 1. The van der Waals surface area contributed by atoms with Crippen LogP contribution in [0.3, 0.4) is 0 Å². The Morgan fingerprint density at radius 1 is 0.875 bits per heavy atom. The molecule has 0 aliphatic heterocycles. The van der Waals surface area contributed by atoms with Crippen LogP contribution in [0.2, 0.25) is 0 Å². The molecular weight excluding hydrogens is 402 g/mol. The van der Waals surface area contributed by atoms with E-state index in [0.717, 1.165) is 23.4 Å². The number of phenols is 1. The summed E-state index contributed by atoms with van der Waals surface area (Å²) < 4.78 is 1.94. The van der Waals surface area contributed by atoms with Crippen LogP contribution in [-0.4, -0.2) is 36.2 Å². The van der Waals surface area contributed by atoms with Crippen molar-refractivity contribution in [2.24, 2.45) is 0 Å². The molecule has 32 heavy (non-hydrogen) atoms. The van der Waals surface area contributed by atoms with Gasteiger partial charge in [0.15, 0.2) is 17.0 Å². The molecule has 0 spiro atoms. The number of aromatic hydroxyl groups is 1. The second-order valence-corrected chi connectivity index (χ2v) is 7.22. The predicted molar refractivity (Wildman–Crippen MR) is 124 cm³/mol. The monoisotopic (exact) mass is 423 g/mol. The van der Waals surface area contributed by atoms with Gasteiger partial charge in [0, 0.05) is 30.3 Å². The molecule has 0 fully saturated rings. The Kier molecular flexibility index (Phi) is 5.32. The summed E-state index contributed by atoms with van der Waals surface area (Å²) >= 11 is 0. The topological polar surface area (TPSA) is 101 Å². The molecule has 0 atom stereocenters. The number of phenolic OH excluding ortho intramolecular Hbond substituents is 1. The van der Waals surface area contributed by atoms with Gasteiger partial charge in [-0.15, -0.1) is 0 Å². The van der Waals surface area contributed by atoms with E-state index in [2.05, 4.69) is 25.6 Å². The number of nitrogens with zero attached hydrogens (tertiary/aromatic N) is 5. The minimum absolute atomic E-state index is 0.262. The maximum Gasteiger partial charge on any atom is 0.231 e. The van der Waals surface area contributed by atoms with Crippen LogP contribution in [0.4, 0.5) is 17.5 Å². The lowest BCUT2D eigenvalue weighted by atomic mass is 10.1. The molecule has 3 aromatic heterocycles. The SMILES string of the molecule is Oc1ccc(CCNc2nc(Nc3ccncc3)nc3c2ncn3-c2ccccc2)cc1. The van der Waals surface area contributed by atoms with Crippen LogP contribution < -0.4 is 10.6 Å². The van der Waals surface area contributed by atoms with Crippen LogP contribution in [0.15, 0.2) is 85.5 Å². The van der Waals surface area contributed by atoms with E-state index in [1.54, 1.807) is 30.9 Å². The zero-order valence-corrected chi connectivity index (χ0v) is 17.2. The summed E-state index contributed by atoms with van der Waals surface area (Å²) in [5.74, 6) is 1.38. The lowest BCUT2D eigenvalue weighted by Crippen LogP contribution is -2.09. The molecule has 0 radical (unpaired) electrons. The normalized spacial score (nSPS) is 10.9. The number of rotatable bonds is 7. The number of aromatic nitrogens is 5. The van der Waals surface area contributed by atoms with Gasteiger partial charge in [-0.3, -0.25) is 9.55 Å². The first-order valence-corrected chi connectivity index (χ1v) is 10.3. The Hall–Kier alpha value is -4.46. The van der Waals surface area contributed by atoms with Gasteiger partial charge in [-0.05, 0) is 48.4 Å². The van der Waals surface area contributed by atoms with Gasteiger partial charge in [0.25, 0.3) is 0 Å². The third-order valence-corrected chi connectivity index (χ3v) is 5.01. The molecule has 8 heteroatoms. The van der Waals surface area contributed by atoms with Crippen molar-refractivity contribution in [3.05, 3.63) is 91.0 Å². The van der Waals surface area contributed by atoms with Crippen LogP contribution in [-0.2, 0) is 6.42 Å². The smallest absolute Gasteiger partial charge is 0.231 e. The second kappa shape index (κ2) is 8.73. The Bertz CT molecular complexity index is 1320. The number of hydrogen-bond acceptors (Lipinski definition) is 7. The zero-order valence-electron chi connectivity index (χ0n) is 17.2. The van der Waals surface area contributed by atoms with E-state index >= 15 is 0 Å². The molecule has 5 aromatic rings. The summed E-state index contributed by atoms with van der Waals surface area (Å²) in [6.07, 6.45) is 5.96. The largest absolute Gasteiger partial charge is 0.508 e. The number of para-hydroxylation sites is 1. The molecule has 0 amide bonds. The summed E-state index contributed by atoms with van der Waals surface area (Å²) in [4.78, 5) is 18.0. The lowest BCUT2D eigenvalue weighted by molar-refractivity contribution is 0.475. The van der Waals surface area contributed by atoms with Gasteiger partial charge >= 0.3 is 0 Å². The molecule has 8 nitrogen and oxygen atoms in total. The Morgan fingerprint density at radius 3 is 2.44 bits per heavy atom. The number of anilines is 3. The summed E-state index contributed by atoms with van der Waals surface area (Å²) in [5, 5.41) is 16.1. The van der Waals surface area contributed by atoms with Crippen LogP contribution in [0.25, 0.3) is 16.9 Å². The summed E-state index contributed by atoms with van der Waals surface area (Å²) in [6.45, 7) is 0.657. The molecule has 0 bridgehead atoms. The van der Waals surface area contributed by atoms with Gasteiger partial charge in [0.2, 0.25) is 5.95 Å². The molecule has 3 N–H and O–H groups in total. The fraction of sp³-hybridized carbons (Fsp3) is 0.0833. The molecule has 0 saturated carbocycles. The molecule has 0 aliphatic rings. The van der Waals surface area contributed by atoms with E-state index in [1.165, 1.54) is 0 Å². The molecule has 2 aromatic carbocycles. The quantitative estimate of drug-likeness (QED) is 0.358. The van der Waals surface area contributed by atoms with Gasteiger partial charge in [-0.1, -0.05) is 30.3 Å². The molecule has 3 heterocycles. The average Bonchev–Trinajstić information content (AvgIpc) is 3.26. The maximum atomic E-state index is 9.47. The highest BCUT2D eigenvalue weighted by molar-refractivity contribution is 5.85. The van der Waals surface area contributed by atoms with E-state index < -0.39 is 0 Å². The first-order chi connectivity index (χ1) is 15.8. The van der Waals surface area contributed by atoms with Crippen LogP contribution in [0, 0.1) is 0 Å². The summed E-state index contributed by atoms with van der Waals surface area (Å²) in [5.41, 5.74) is 4.33. The summed E-state index contributed by atoms with van der Waals surface area (Å²) in [7, 11) is 0. The van der Waals surface area contributed by atoms with Crippen molar-refractivity contribution in [1.29, 1.82) is 0 Å². The Balaban J connectivity index is 1.48. The molecule has 158 valence electrons. The molecule has 0 saturated heterocycles. The first kappa shape index (κ1) is 19.5. The highest BCUT2D eigenvalue weighted by Crippen LogP contribution is 2.25. The van der Waals surface area contributed by atoms with Gasteiger partial charge in [0.05, 0.1) is 0 Å². The number of benzene rings is 2.